The Kier molecular flexibility index (Phi) is 4.00. The molecule has 0 amide bonds. The SMILES string of the molecule is O=C(O)c1ccc(C#CCCBr)s1. The van der Waals surface area contributed by atoms with Crippen LogP contribution in [0.5, 0.6) is 0 Å². The van der Waals surface area contributed by atoms with Crippen molar-refractivity contribution >= 4 is 33.2 Å². The zero-order valence-corrected chi connectivity index (χ0v) is 9.11. The number of thiophene rings is 1. The third kappa shape index (κ3) is 3.21. The lowest BCUT2D eigenvalue weighted by Crippen LogP contribution is -1.89. The number of rotatable bonds is 2. The second kappa shape index (κ2) is 5.05. The molecule has 1 aromatic heterocycles. The van der Waals surface area contributed by atoms with Crippen molar-refractivity contribution in [2.45, 2.75) is 6.42 Å². The quantitative estimate of drug-likeness (QED) is 0.654. The molecule has 4 heteroatoms. The molecule has 0 aliphatic rings. The lowest BCUT2D eigenvalue weighted by molar-refractivity contribution is 0.0702. The van der Waals surface area contributed by atoms with Crippen molar-refractivity contribution in [1.29, 1.82) is 0 Å². The standard InChI is InChI=1S/C9H7BrO2S/c10-6-2-1-3-7-4-5-8(13-7)9(11)12/h4-5H,2,6H2,(H,11,12). The summed E-state index contributed by atoms with van der Waals surface area (Å²) in [6.45, 7) is 0. The van der Waals surface area contributed by atoms with Gasteiger partial charge in [-0.1, -0.05) is 27.8 Å². The first-order chi connectivity index (χ1) is 6.24. The number of hydrogen-bond donors (Lipinski definition) is 1. The summed E-state index contributed by atoms with van der Waals surface area (Å²) in [5.41, 5.74) is 0. The molecular weight excluding hydrogens is 252 g/mol. The molecule has 0 bridgehead atoms. The molecule has 1 aromatic rings. The highest BCUT2D eigenvalue weighted by Gasteiger charge is 2.04. The van der Waals surface area contributed by atoms with Crippen LogP contribution in [0, 0.1) is 11.8 Å². The van der Waals surface area contributed by atoms with Gasteiger partial charge in [0.2, 0.25) is 0 Å². The van der Waals surface area contributed by atoms with Crippen LogP contribution in [0.3, 0.4) is 0 Å². The molecule has 1 rings (SSSR count). The van der Waals surface area contributed by atoms with E-state index in [1.165, 1.54) is 11.3 Å². The summed E-state index contributed by atoms with van der Waals surface area (Å²) < 4.78 is 0. The van der Waals surface area contributed by atoms with E-state index < -0.39 is 5.97 Å². The predicted octanol–water partition coefficient (Wildman–Crippen LogP) is 2.58. The highest BCUT2D eigenvalue weighted by Crippen LogP contribution is 2.14. The number of halogens is 1. The molecule has 0 fully saturated rings. The highest BCUT2D eigenvalue weighted by molar-refractivity contribution is 9.09. The van der Waals surface area contributed by atoms with Gasteiger partial charge in [0.15, 0.2) is 0 Å². The Bertz CT molecular complexity index is 359. The zero-order valence-electron chi connectivity index (χ0n) is 6.71. The lowest BCUT2D eigenvalue weighted by Gasteiger charge is -1.81. The van der Waals surface area contributed by atoms with Crippen LogP contribution < -0.4 is 0 Å². The van der Waals surface area contributed by atoms with Crippen LogP contribution >= 0.6 is 27.3 Å². The van der Waals surface area contributed by atoms with Gasteiger partial charge in [0.25, 0.3) is 0 Å². The smallest absolute Gasteiger partial charge is 0.345 e. The number of hydrogen-bond acceptors (Lipinski definition) is 2. The van der Waals surface area contributed by atoms with Crippen molar-refractivity contribution in [3.8, 4) is 11.8 Å². The molecule has 68 valence electrons. The minimum atomic E-state index is -0.890. The topological polar surface area (TPSA) is 37.3 Å². The monoisotopic (exact) mass is 258 g/mol. The maximum absolute atomic E-state index is 10.5. The van der Waals surface area contributed by atoms with Gasteiger partial charge in [-0.25, -0.2) is 4.79 Å². The van der Waals surface area contributed by atoms with Gasteiger partial charge in [0.1, 0.15) is 4.88 Å². The highest BCUT2D eigenvalue weighted by atomic mass is 79.9. The predicted molar refractivity (Wildman–Crippen MR) is 56.6 cm³/mol. The third-order valence-corrected chi connectivity index (χ3v) is 2.63. The fraction of sp³-hybridized carbons (Fsp3) is 0.222. The second-order valence-corrected chi connectivity index (χ2v) is 4.09. The largest absolute Gasteiger partial charge is 0.477 e. The van der Waals surface area contributed by atoms with E-state index in [9.17, 15) is 4.79 Å². The maximum atomic E-state index is 10.5. The van der Waals surface area contributed by atoms with Crippen LogP contribution in [0.2, 0.25) is 0 Å². The van der Waals surface area contributed by atoms with E-state index in [0.29, 0.717) is 4.88 Å². The number of aromatic carboxylic acids is 1. The van der Waals surface area contributed by atoms with E-state index in [1.54, 1.807) is 12.1 Å². The Morgan fingerprint density at radius 1 is 1.62 bits per heavy atom. The number of carboxylic acid groups (broad SMARTS) is 1. The molecule has 13 heavy (non-hydrogen) atoms. The summed E-state index contributed by atoms with van der Waals surface area (Å²) in [6, 6.07) is 3.31. The van der Waals surface area contributed by atoms with Gasteiger partial charge in [-0.15, -0.1) is 11.3 Å². The van der Waals surface area contributed by atoms with E-state index in [-0.39, 0.29) is 0 Å². The van der Waals surface area contributed by atoms with E-state index in [0.717, 1.165) is 16.6 Å². The van der Waals surface area contributed by atoms with Crippen LogP contribution in [0.15, 0.2) is 12.1 Å². The molecule has 2 nitrogen and oxygen atoms in total. The zero-order chi connectivity index (χ0) is 9.68. The van der Waals surface area contributed by atoms with Crippen molar-refractivity contribution in [3.63, 3.8) is 0 Å². The van der Waals surface area contributed by atoms with Gasteiger partial charge >= 0.3 is 5.97 Å². The van der Waals surface area contributed by atoms with Crippen LogP contribution in [0.4, 0.5) is 0 Å². The van der Waals surface area contributed by atoms with E-state index in [4.69, 9.17) is 5.11 Å². The molecule has 0 aliphatic carbocycles. The summed E-state index contributed by atoms with van der Waals surface area (Å²) in [4.78, 5) is 11.6. The minimum absolute atomic E-state index is 0.336. The summed E-state index contributed by atoms with van der Waals surface area (Å²) >= 11 is 4.46. The van der Waals surface area contributed by atoms with Gasteiger partial charge in [-0.05, 0) is 12.1 Å². The van der Waals surface area contributed by atoms with Crippen molar-refractivity contribution in [1.82, 2.24) is 0 Å². The Labute approximate surface area is 88.7 Å². The molecule has 0 saturated carbocycles. The summed E-state index contributed by atoms with van der Waals surface area (Å²) in [5, 5.41) is 9.47. The van der Waals surface area contributed by atoms with Gasteiger partial charge in [0.05, 0.1) is 4.88 Å². The number of carbonyl (C=O) groups is 1. The Balaban J connectivity index is 2.71. The first-order valence-corrected chi connectivity index (χ1v) is 5.56. The fourth-order valence-corrected chi connectivity index (χ4v) is 1.63. The fourth-order valence-electron chi connectivity index (χ4n) is 0.717. The summed E-state index contributed by atoms with van der Waals surface area (Å²) in [6.07, 6.45) is 0.778. The summed E-state index contributed by atoms with van der Waals surface area (Å²) in [7, 11) is 0. The van der Waals surface area contributed by atoms with Gasteiger partial charge in [-0.3, -0.25) is 0 Å². The van der Waals surface area contributed by atoms with Crippen molar-refractivity contribution in [2.75, 3.05) is 5.33 Å². The minimum Gasteiger partial charge on any atom is -0.477 e. The van der Waals surface area contributed by atoms with Crippen molar-refractivity contribution in [2.24, 2.45) is 0 Å². The van der Waals surface area contributed by atoms with Crippen molar-refractivity contribution < 1.29 is 9.90 Å². The van der Waals surface area contributed by atoms with Gasteiger partial charge in [0, 0.05) is 11.8 Å². The third-order valence-electron chi connectivity index (χ3n) is 1.25. The van der Waals surface area contributed by atoms with Crippen LogP contribution in [0.1, 0.15) is 21.0 Å². The van der Waals surface area contributed by atoms with Crippen LogP contribution in [0.25, 0.3) is 0 Å². The Hall–Kier alpha value is -0.790. The average molecular weight is 259 g/mol. The lowest BCUT2D eigenvalue weighted by atomic mass is 10.4. The molecule has 0 atom stereocenters. The number of alkyl halides is 1. The van der Waals surface area contributed by atoms with E-state index >= 15 is 0 Å². The average Bonchev–Trinajstić information content (AvgIpc) is 2.53. The Morgan fingerprint density at radius 2 is 2.38 bits per heavy atom. The molecule has 0 aliphatic heterocycles. The molecule has 0 unspecified atom stereocenters. The van der Waals surface area contributed by atoms with Crippen LogP contribution in [-0.2, 0) is 0 Å². The first-order valence-electron chi connectivity index (χ1n) is 3.62. The molecule has 1 N–H and O–H groups in total. The molecule has 0 aromatic carbocycles. The van der Waals surface area contributed by atoms with Crippen LogP contribution in [-0.4, -0.2) is 16.4 Å². The molecule has 1 heterocycles. The Morgan fingerprint density at radius 3 is 2.92 bits per heavy atom. The number of carboxylic acids is 1. The maximum Gasteiger partial charge on any atom is 0.345 e. The van der Waals surface area contributed by atoms with Gasteiger partial charge in [-0.2, -0.15) is 0 Å². The van der Waals surface area contributed by atoms with E-state index in [2.05, 4.69) is 27.8 Å². The molecule has 0 saturated heterocycles. The molecule has 0 radical (unpaired) electrons. The summed E-state index contributed by atoms with van der Waals surface area (Å²) in [5.74, 6) is 4.93. The molecule has 0 spiro atoms. The molecular formula is C9H7BrO2S. The van der Waals surface area contributed by atoms with E-state index in [1.807, 2.05) is 0 Å². The second-order valence-electron chi connectivity index (χ2n) is 2.21. The normalized spacial score (nSPS) is 9.00. The van der Waals surface area contributed by atoms with Crippen molar-refractivity contribution in [3.05, 3.63) is 21.9 Å². The first kappa shape index (κ1) is 10.3. The van der Waals surface area contributed by atoms with Gasteiger partial charge < -0.3 is 5.11 Å².